The second kappa shape index (κ2) is 8.48. The molecule has 7 nitrogen and oxygen atoms in total. The van der Waals surface area contributed by atoms with Crippen LogP contribution in [0.5, 0.6) is 0 Å². The molecule has 0 bridgehead atoms. The summed E-state index contributed by atoms with van der Waals surface area (Å²) in [5.41, 5.74) is 3.67. The maximum absolute atomic E-state index is 12.5. The number of rotatable bonds is 5. The summed E-state index contributed by atoms with van der Waals surface area (Å²) in [7, 11) is 1.65. The lowest BCUT2D eigenvalue weighted by Crippen LogP contribution is -2.30. The molecular weight excluding hydrogens is 390 g/mol. The molecule has 1 aliphatic heterocycles. The molecule has 1 aliphatic rings. The van der Waals surface area contributed by atoms with Gasteiger partial charge in [0.25, 0.3) is 0 Å². The molecule has 1 fully saturated rings. The number of amides is 2. The number of amidine groups is 1. The molecule has 2 aromatic rings. The normalized spacial score (nSPS) is 17.6. The summed E-state index contributed by atoms with van der Waals surface area (Å²) in [5.74, 6) is -1.52. The Balaban J connectivity index is 1.65. The van der Waals surface area contributed by atoms with E-state index < -0.39 is 11.2 Å². The first-order valence-electron chi connectivity index (χ1n) is 8.98. The van der Waals surface area contributed by atoms with Crippen molar-refractivity contribution in [2.75, 3.05) is 12.4 Å². The van der Waals surface area contributed by atoms with Crippen molar-refractivity contribution in [2.24, 2.45) is 4.99 Å². The zero-order chi connectivity index (χ0) is 21.1. The van der Waals surface area contributed by atoms with Crippen molar-refractivity contribution in [3.63, 3.8) is 0 Å². The lowest BCUT2D eigenvalue weighted by atomic mass is 10.1. The number of carbonyl (C=O) groups excluding carboxylic acids is 2. The summed E-state index contributed by atoms with van der Waals surface area (Å²) >= 11 is 1.26. The molecule has 2 amide bonds. The van der Waals surface area contributed by atoms with Crippen LogP contribution in [0, 0.1) is 13.8 Å². The van der Waals surface area contributed by atoms with Crippen LogP contribution in [-0.2, 0) is 9.59 Å². The van der Waals surface area contributed by atoms with Gasteiger partial charge in [0.2, 0.25) is 11.8 Å². The van der Waals surface area contributed by atoms with Crippen molar-refractivity contribution >= 4 is 46.1 Å². The fourth-order valence-corrected chi connectivity index (χ4v) is 3.93. The predicted molar refractivity (Wildman–Crippen MR) is 114 cm³/mol. The van der Waals surface area contributed by atoms with Crippen molar-refractivity contribution in [1.82, 2.24) is 4.90 Å². The Kier molecular flexibility index (Phi) is 6.03. The van der Waals surface area contributed by atoms with Crippen LogP contribution in [0.4, 0.5) is 11.4 Å². The number of aliphatic imine (C=N–C) groups is 1. The fourth-order valence-electron chi connectivity index (χ4n) is 2.78. The number of carboxylic acids is 1. The number of aromatic carboxylic acids is 1. The molecule has 0 spiro atoms. The third-order valence-corrected chi connectivity index (χ3v) is 5.87. The number of benzene rings is 2. The lowest BCUT2D eigenvalue weighted by molar-refractivity contribution is -0.127. The summed E-state index contributed by atoms with van der Waals surface area (Å²) in [6.07, 6.45) is 0.000464. The summed E-state index contributed by atoms with van der Waals surface area (Å²) in [5, 5.41) is 11.6. The quantitative estimate of drug-likeness (QED) is 0.783. The topological polar surface area (TPSA) is 99.1 Å². The number of thioether (sulfide) groups is 1. The number of carboxylic acid groups (broad SMARTS) is 1. The molecule has 1 heterocycles. The van der Waals surface area contributed by atoms with Gasteiger partial charge in [-0.3, -0.25) is 14.5 Å². The molecule has 2 N–H and O–H groups in total. The van der Waals surface area contributed by atoms with Gasteiger partial charge in [-0.25, -0.2) is 9.79 Å². The smallest absolute Gasteiger partial charge is 0.335 e. The number of nitrogens with zero attached hydrogens (tertiary/aromatic N) is 2. The Morgan fingerprint density at radius 3 is 2.45 bits per heavy atom. The Morgan fingerprint density at radius 1 is 1.14 bits per heavy atom. The van der Waals surface area contributed by atoms with Crippen molar-refractivity contribution in [3.05, 3.63) is 59.2 Å². The lowest BCUT2D eigenvalue weighted by Gasteiger charge is -2.09. The van der Waals surface area contributed by atoms with E-state index in [1.807, 2.05) is 32.0 Å². The molecule has 8 heteroatoms. The van der Waals surface area contributed by atoms with Crippen LogP contribution in [0.25, 0.3) is 0 Å². The second-order valence-corrected chi connectivity index (χ2v) is 7.97. The molecule has 1 saturated heterocycles. The van der Waals surface area contributed by atoms with Crippen LogP contribution < -0.4 is 5.32 Å². The highest BCUT2D eigenvalue weighted by Crippen LogP contribution is 2.31. The van der Waals surface area contributed by atoms with Gasteiger partial charge in [0.15, 0.2) is 5.17 Å². The van der Waals surface area contributed by atoms with Gasteiger partial charge >= 0.3 is 5.97 Å². The molecule has 0 aliphatic carbocycles. The van der Waals surface area contributed by atoms with Crippen LogP contribution >= 0.6 is 11.8 Å². The van der Waals surface area contributed by atoms with Gasteiger partial charge in [-0.2, -0.15) is 0 Å². The molecule has 2 aromatic carbocycles. The first-order valence-corrected chi connectivity index (χ1v) is 9.86. The molecule has 3 rings (SSSR count). The highest BCUT2D eigenvalue weighted by molar-refractivity contribution is 8.15. The first-order chi connectivity index (χ1) is 13.7. The third-order valence-electron chi connectivity index (χ3n) is 4.64. The molecule has 0 radical (unpaired) electrons. The zero-order valence-electron chi connectivity index (χ0n) is 16.3. The summed E-state index contributed by atoms with van der Waals surface area (Å²) in [4.78, 5) is 41.8. The zero-order valence-corrected chi connectivity index (χ0v) is 17.1. The van der Waals surface area contributed by atoms with E-state index in [4.69, 9.17) is 5.11 Å². The summed E-state index contributed by atoms with van der Waals surface area (Å²) in [6.45, 7) is 4.03. The monoisotopic (exact) mass is 411 g/mol. The molecule has 0 saturated carbocycles. The highest BCUT2D eigenvalue weighted by Gasteiger charge is 2.37. The maximum atomic E-state index is 12.5. The molecule has 0 aromatic heterocycles. The minimum atomic E-state index is -1.03. The Labute approximate surface area is 172 Å². The highest BCUT2D eigenvalue weighted by atomic mass is 32.2. The van der Waals surface area contributed by atoms with Crippen LogP contribution in [0.1, 0.15) is 27.9 Å². The van der Waals surface area contributed by atoms with E-state index in [-0.39, 0.29) is 23.8 Å². The molecule has 0 unspecified atom stereocenters. The Morgan fingerprint density at radius 2 is 1.83 bits per heavy atom. The minimum absolute atomic E-state index is 0.000464. The largest absolute Gasteiger partial charge is 0.478 e. The van der Waals surface area contributed by atoms with Crippen LogP contribution in [0.2, 0.25) is 0 Å². The van der Waals surface area contributed by atoms with E-state index >= 15 is 0 Å². The molecule has 29 heavy (non-hydrogen) atoms. The second-order valence-electron chi connectivity index (χ2n) is 6.80. The van der Waals surface area contributed by atoms with Crippen molar-refractivity contribution in [2.45, 2.75) is 25.5 Å². The molecular formula is C21H21N3O4S. The van der Waals surface area contributed by atoms with Gasteiger partial charge < -0.3 is 10.4 Å². The van der Waals surface area contributed by atoms with E-state index in [1.165, 1.54) is 46.5 Å². The first kappa shape index (κ1) is 20.6. The molecule has 1 atom stereocenters. The summed E-state index contributed by atoms with van der Waals surface area (Å²) in [6, 6.07) is 11.7. The van der Waals surface area contributed by atoms with Crippen LogP contribution in [-0.4, -0.2) is 45.3 Å². The predicted octanol–water partition coefficient (Wildman–Crippen LogP) is 3.59. The summed E-state index contributed by atoms with van der Waals surface area (Å²) < 4.78 is 0. The number of anilines is 1. The van der Waals surface area contributed by atoms with Crippen molar-refractivity contribution in [3.8, 4) is 0 Å². The Hall–Kier alpha value is -3.13. The number of hydrogen-bond donors (Lipinski definition) is 2. The van der Waals surface area contributed by atoms with Gasteiger partial charge in [0, 0.05) is 19.2 Å². The standard InChI is InChI=1S/C21H21N3O4S/c1-12-4-7-16(10-13(12)2)23-21-24(3)19(26)17(29-21)11-18(25)22-15-8-5-14(6-9-15)20(27)28/h4-10,17H,11H2,1-3H3,(H,22,25)(H,27,28)/t17-/m0/s1. The number of nitrogens with one attached hydrogen (secondary N) is 1. The van der Waals surface area contributed by atoms with Gasteiger partial charge in [0.05, 0.1) is 11.3 Å². The van der Waals surface area contributed by atoms with Gasteiger partial charge in [-0.05, 0) is 61.4 Å². The van der Waals surface area contributed by atoms with Crippen molar-refractivity contribution in [1.29, 1.82) is 0 Å². The third kappa shape index (κ3) is 4.83. The number of aryl methyl sites for hydroxylation is 2. The van der Waals surface area contributed by atoms with E-state index in [9.17, 15) is 14.4 Å². The van der Waals surface area contributed by atoms with Gasteiger partial charge in [-0.1, -0.05) is 17.8 Å². The number of hydrogen-bond acceptors (Lipinski definition) is 5. The van der Waals surface area contributed by atoms with E-state index in [1.54, 1.807) is 7.05 Å². The number of carbonyl (C=O) groups is 3. The van der Waals surface area contributed by atoms with Crippen LogP contribution in [0.15, 0.2) is 47.5 Å². The SMILES string of the molecule is Cc1ccc(N=C2S[C@@H](CC(=O)Nc3ccc(C(=O)O)cc3)C(=O)N2C)cc1C. The van der Waals surface area contributed by atoms with Gasteiger partial charge in [0.1, 0.15) is 5.25 Å². The average Bonchev–Trinajstić information content (AvgIpc) is 2.93. The fraction of sp³-hybridized carbons (Fsp3) is 0.238. The minimum Gasteiger partial charge on any atom is -0.478 e. The van der Waals surface area contributed by atoms with Gasteiger partial charge in [-0.15, -0.1) is 0 Å². The van der Waals surface area contributed by atoms with Crippen LogP contribution in [0.3, 0.4) is 0 Å². The van der Waals surface area contributed by atoms with E-state index in [0.717, 1.165) is 11.3 Å². The maximum Gasteiger partial charge on any atom is 0.335 e. The van der Waals surface area contributed by atoms with E-state index in [0.29, 0.717) is 10.9 Å². The Bertz CT molecular complexity index is 1000. The van der Waals surface area contributed by atoms with Crippen molar-refractivity contribution < 1.29 is 19.5 Å². The average molecular weight is 411 g/mol. The van der Waals surface area contributed by atoms with E-state index in [2.05, 4.69) is 10.3 Å². The molecule has 150 valence electrons.